The highest BCUT2D eigenvalue weighted by Crippen LogP contribution is 2.25. The van der Waals surface area contributed by atoms with E-state index in [1.54, 1.807) is 42.5 Å². The van der Waals surface area contributed by atoms with E-state index in [4.69, 9.17) is 22.6 Å². The van der Waals surface area contributed by atoms with E-state index in [0.717, 1.165) is 10.8 Å². The Hall–Kier alpha value is -3.87. The first-order valence-electron chi connectivity index (χ1n) is 7.82. The van der Waals surface area contributed by atoms with E-state index in [1.165, 1.54) is 0 Å². The second kappa shape index (κ2) is 6.94. The number of carbonyl (C=O) groups excluding carboxylic acids is 1. The van der Waals surface area contributed by atoms with Gasteiger partial charge in [0.2, 0.25) is 0 Å². The minimum atomic E-state index is -0.262. The largest absolute Gasteiger partial charge is 0.384 e. The topological polar surface area (TPSA) is 143 Å². The van der Waals surface area contributed by atoms with E-state index < -0.39 is 0 Å². The number of rotatable bonds is 4. The van der Waals surface area contributed by atoms with E-state index in [1.807, 2.05) is 18.2 Å². The molecule has 3 rings (SSSR count). The van der Waals surface area contributed by atoms with Crippen molar-refractivity contribution in [3.63, 3.8) is 0 Å². The van der Waals surface area contributed by atoms with Gasteiger partial charge in [-0.15, -0.1) is 0 Å². The average molecular weight is 346 g/mol. The van der Waals surface area contributed by atoms with Gasteiger partial charge >= 0.3 is 0 Å². The number of aliphatic imine (C=N–C) groups is 1. The van der Waals surface area contributed by atoms with Crippen molar-refractivity contribution in [2.75, 3.05) is 5.32 Å². The molecular weight excluding hydrogens is 328 g/mol. The second-order valence-corrected chi connectivity index (χ2v) is 5.69. The third-order valence-electron chi connectivity index (χ3n) is 3.83. The molecule has 7 heteroatoms. The third kappa shape index (κ3) is 3.62. The fourth-order valence-electron chi connectivity index (χ4n) is 2.58. The molecule has 0 spiro atoms. The highest BCUT2D eigenvalue weighted by Gasteiger charge is 2.09. The maximum absolute atomic E-state index is 12.5. The number of nitrogens with one attached hydrogen (secondary N) is 2. The van der Waals surface area contributed by atoms with Crippen LogP contribution in [0.15, 0.2) is 65.7 Å². The Bertz CT molecular complexity index is 1020. The Labute approximate surface area is 150 Å². The Balaban J connectivity index is 1.90. The minimum Gasteiger partial charge on any atom is -0.384 e. The van der Waals surface area contributed by atoms with Crippen LogP contribution < -0.4 is 22.5 Å². The zero-order valence-electron chi connectivity index (χ0n) is 13.9. The summed E-state index contributed by atoms with van der Waals surface area (Å²) >= 11 is 0. The summed E-state index contributed by atoms with van der Waals surface area (Å²) in [4.78, 5) is 16.5. The number of hydrogen-bond donors (Lipinski definition) is 5. The number of carbonyl (C=O) groups is 1. The van der Waals surface area contributed by atoms with Gasteiger partial charge in [0.1, 0.15) is 5.84 Å². The number of fused-ring (bicyclic) bond motifs is 1. The lowest BCUT2D eigenvalue weighted by molar-refractivity contribution is 0.102. The van der Waals surface area contributed by atoms with Crippen molar-refractivity contribution in [2.24, 2.45) is 22.2 Å². The highest BCUT2D eigenvalue weighted by atomic mass is 16.1. The lowest BCUT2D eigenvalue weighted by Gasteiger charge is -2.10. The molecule has 0 saturated heterocycles. The molecule has 0 aliphatic heterocycles. The Morgan fingerprint density at radius 1 is 0.923 bits per heavy atom. The molecular formula is C19H18N6O. The average Bonchev–Trinajstić information content (AvgIpc) is 2.61. The normalized spacial score (nSPS) is 10.3. The van der Waals surface area contributed by atoms with Crippen LogP contribution in [0.2, 0.25) is 0 Å². The number of guanidine groups is 1. The number of benzene rings is 3. The van der Waals surface area contributed by atoms with Gasteiger partial charge in [-0.2, -0.15) is 0 Å². The van der Waals surface area contributed by atoms with Crippen LogP contribution in [0, 0.1) is 5.41 Å². The first-order chi connectivity index (χ1) is 12.4. The number of amidine groups is 1. The van der Waals surface area contributed by atoms with Gasteiger partial charge in [0, 0.05) is 22.2 Å². The summed E-state index contributed by atoms with van der Waals surface area (Å²) in [5, 5.41) is 12.2. The van der Waals surface area contributed by atoms with Crippen molar-refractivity contribution in [2.45, 2.75) is 0 Å². The Morgan fingerprint density at radius 3 is 2.27 bits per heavy atom. The fourth-order valence-corrected chi connectivity index (χ4v) is 2.58. The molecule has 3 aromatic carbocycles. The van der Waals surface area contributed by atoms with Gasteiger partial charge in [-0.25, -0.2) is 4.99 Å². The van der Waals surface area contributed by atoms with Crippen LogP contribution in [-0.4, -0.2) is 17.7 Å². The first-order valence-corrected chi connectivity index (χ1v) is 7.82. The van der Waals surface area contributed by atoms with Crippen molar-refractivity contribution in [1.82, 2.24) is 0 Å². The van der Waals surface area contributed by atoms with E-state index in [-0.39, 0.29) is 17.7 Å². The molecule has 1 amide bonds. The van der Waals surface area contributed by atoms with Crippen LogP contribution >= 0.6 is 0 Å². The quantitative estimate of drug-likeness (QED) is 0.364. The lowest BCUT2D eigenvalue weighted by Crippen LogP contribution is -2.21. The number of nitrogen functional groups attached to an aromatic ring is 1. The van der Waals surface area contributed by atoms with Gasteiger partial charge in [0.25, 0.3) is 5.91 Å². The predicted molar refractivity (Wildman–Crippen MR) is 105 cm³/mol. The molecule has 0 bridgehead atoms. The molecule has 7 nitrogen and oxygen atoms in total. The Kier molecular flexibility index (Phi) is 4.53. The van der Waals surface area contributed by atoms with Crippen LogP contribution in [0.1, 0.15) is 15.9 Å². The van der Waals surface area contributed by atoms with Crippen LogP contribution in [0.5, 0.6) is 0 Å². The second-order valence-electron chi connectivity index (χ2n) is 5.69. The summed E-state index contributed by atoms with van der Waals surface area (Å²) in [5.74, 6) is -0.329. The molecule has 0 heterocycles. The third-order valence-corrected chi connectivity index (χ3v) is 3.83. The molecule has 8 N–H and O–H groups in total. The van der Waals surface area contributed by atoms with E-state index in [2.05, 4.69) is 10.3 Å². The summed E-state index contributed by atoms with van der Waals surface area (Å²) < 4.78 is 0. The lowest BCUT2D eigenvalue weighted by atomic mass is 10.0. The van der Waals surface area contributed by atoms with E-state index in [0.29, 0.717) is 22.5 Å². The van der Waals surface area contributed by atoms with Gasteiger partial charge in [-0.05, 0) is 41.8 Å². The van der Waals surface area contributed by atoms with Crippen molar-refractivity contribution in [3.8, 4) is 0 Å². The van der Waals surface area contributed by atoms with Gasteiger partial charge in [-0.1, -0.05) is 24.3 Å². The summed E-state index contributed by atoms with van der Waals surface area (Å²) in [6.45, 7) is 0. The van der Waals surface area contributed by atoms with Gasteiger partial charge in [0.05, 0.1) is 5.69 Å². The van der Waals surface area contributed by atoms with Gasteiger partial charge < -0.3 is 22.5 Å². The molecule has 0 aliphatic carbocycles. The molecule has 0 saturated carbocycles. The van der Waals surface area contributed by atoms with Crippen molar-refractivity contribution >= 4 is 39.8 Å². The number of nitrogens with two attached hydrogens (primary N) is 3. The van der Waals surface area contributed by atoms with E-state index >= 15 is 0 Å². The number of amides is 1. The van der Waals surface area contributed by atoms with Crippen molar-refractivity contribution < 1.29 is 4.79 Å². The van der Waals surface area contributed by atoms with E-state index in [9.17, 15) is 4.79 Å². The minimum absolute atomic E-state index is 0.0247. The monoisotopic (exact) mass is 346 g/mol. The molecule has 0 atom stereocenters. The summed E-state index contributed by atoms with van der Waals surface area (Å²) in [6, 6.07) is 17.6. The van der Waals surface area contributed by atoms with Gasteiger partial charge in [0.15, 0.2) is 5.96 Å². The molecule has 3 aromatic rings. The van der Waals surface area contributed by atoms with Crippen molar-refractivity contribution in [3.05, 3.63) is 71.8 Å². The van der Waals surface area contributed by atoms with Crippen molar-refractivity contribution in [1.29, 1.82) is 5.41 Å². The molecule has 0 radical (unpaired) electrons. The maximum atomic E-state index is 12.5. The zero-order chi connectivity index (χ0) is 18.7. The first kappa shape index (κ1) is 17.0. The molecule has 130 valence electrons. The predicted octanol–water partition coefficient (Wildman–Crippen LogP) is 2.28. The zero-order valence-corrected chi connectivity index (χ0v) is 13.9. The van der Waals surface area contributed by atoms with Crippen LogP contribution in [0.3, 0.4) is 0 Å². The number of nitrogens with zero attached hydrogens (tertiary/aromatic N) is 1. The summed E-state index contributed by atoms with van der Waals surface area (Å²) in [7, 11) is 0. The standard InChI is InChI=1S/C19H18N6O/c20-17(21)13-5-4-11-2-1-3-16(15(11)10-13)25-18(26)12-6-8-14(9-7-12)24-19(22)23/h1-10H,(H3,20,21)(H,25,26)(H4,22,23,24). The molecule has 26 heavy (non-hydrogen) atoms. The number of hydrogen-bond acceptors (Lipinski definition) is 3. The summed E-state index contributed by atoms with van der Waals surface area (Å²) in [6.07, 6.45) is 0. The Morgan fingerprint density at radius 2 is 1.62 bits per heavy atom. The highest BCUT2D eigenvalue weighted by molar-refractivity contribution is 6.10. The van der Waals surface area contributed by atoms with Crippen LogP contribution in [0.4, 0.5) is 11.4 Å². The number of anilines is 1. The molecule has 0 aliphatic rings. The maximum Gasteiger partial charge on any atom is 0.255 e. The van der Waals surface area contributed by atoms with Crippen LogP contribution in [0.25, 0.3) is 10.8 Å². The SMILES string of the molecule is N=C(N)c1ccc2cccc(NC(=O)c3ccc(N=C(N)N)cc3)c2c1. The van der Waals surface area contributed by atoms with Crippen LogP contribution in [-0.2, 0) is 0 Å². The molecule has 0 unspecified atom stereocenters. The summed E-state index contributed by atoms with van der Waals surface area (Å²) in [5.41, 5.74) is 18.5. The van der Waals surface area contributed by atoms with Gasteiger partial charge in [-0.3, -0.25) is 10.2 Å². The smallest absolute Gasteiger partial charge is 0.255 e. The molecule has 0 aromatic heterocycles. The molecule has 0 fully saturated rings. The fraction of sp³-hybridized carbons (Fsp3) is 0.